The number of nitrogens with one attached hydrogen (secondary N) is 2. The molecule has 2 N–H and O–H groups in total. The third kappa shape index (κ3) is 4.58. The molecule has 0 radical (unpaired) electrons. The Hall–Kier alpha value is -3.55. The van der Waals surface area contributed by atoms with Crippen LogP contribution >= 0.6 is 11.3 Å². The minimum atomic E-state index is 0.0391. The Morgan fingerprint density at radius 3 is 2.47 bits per heavy atom. The van der Waals surface area contributed by atoms with Gasteiger partial charge in [-0.1, -0.05) is 24.3 Å². The maximum atomic E-state index is 13.1. The molecule has 0 saturated carbocycles. The van der Waals surface area contributed by atoms with Gasteiger partial charge in [0.25, 0.3) is 0 Å². The number of likely N-dealkylation sites (N-methyl/N-ethyl adjacent to an activating group) is 1. The number of pyridine rings is 2. The average Bonchev–Trinajstić information content (AvgIpc) is 2.84. The zero-order valence-electron chi connectivity index (χ0n) is 19.3. The Morgan fingerprint density at radius 1 is 0.882 bits per heavy atom. The molecule has 0 bridgehead atoms. The smallest absolute Gasteiger partial charge is 0.199 e. The highest BCUT2D eigenvalue weighted by molar-refractivity contribution is 7.24. The fourth-order valence-electron chi connectivity index (χ4n) is 4.16. The van der Waals surface area contributed by atoms with E-state index in [0.29, 0.717) is 5.39 Å². The van der Waals surface area contributed by atoms with Crippen LogP contribution in [-0.4, -0.2) is 48.1 Å². The minimum Gasteiger partial charge on any atom is -0.383 e. The van der Waals surface area contributed by atoms with Gasteiger partial charge in [0.05, 0.1) is 10.9 Å². The first-order valence-electron chi connectivity index (χ1n) is 11.4. The number of nitrogens with zero attached hydrogens (tertiary/aromatic N) is 3. The van der Waals surface area contributed by atoms with Crippen LogP contribution in [0.15, 0.2) is 71.8 Å². The predicted octanol–water partition coefficient (Wildman–Crippen LogP) is 5.12. The summed E-state index contributed by atoms with van der Waals surface area (Å²) in [6, 6.07) is 18.0. The molecular formula is C27H27N5OS. The molecular weight excluding hydrogens is 442 g/mol. The predicted molar refractivity (Wildman–Crippen MR) is 144 cm³/mol. The number of benzene rings is 2. The number of fused-ring (bicyclic) bond motifs is 3. The van der Waals surface area contributed by atoms with Gasteiger partial charge in [-0.3, -0.25) is 9.78 Å². The van der Waals surface area contributed by atoms with Gasteiger partial charge >= 0.3 is 0 Å². The van der Waals surface area contributed by atoms with Crippen molar-refractivity contribution in [3.63, 3.8) is 0 Å². The zero-order chi connectivity index (χ0) is 23.5. The van der Waals surface area contributed by atoms with Crippen molar-refractivity contribution in [3.05, 3.63) is 82.8 Å². The molecule has 0 aliphatic carbocycles. The first kappa shape index (κ1) is 22.3. The van der Waals surface area contributed by atoms with E-state index in [1.807, 2.05) is 42.6 Å². The van der Waals surface area contributed by atoms with Gasteiger partial charge < -0.3 is 15.5 Å². The van der Waals surface area contributed by atoms with Crippen molar-refractivity contribution >= 4 is 53.9 Å². The average molecular weight is 470 g/mol. The van der Waals surface area contributed by atoms with Crippen LogP contribution in [0.5, 0.6) is 0 Å². The van der Waals surface area contributed by atoms with Crippen molar-refractivity contribution < 1.29 is 0 Å². The van der Waals surface area contributed by atoms with Gasteiger partial charge in [-0.05, 0) is 49.9 Å². The molecule has 0 amide bonds. The molecule has 3 heterocycles. The number of hydrogen-bond acceptors (Lipinski definition) is 7. The number of rotatable bonds is 8. The molecule has 0 unspecified atom stereocenters. The van der Waals surface area contributed by atoms with Crippen molar-refractivity contribution in [1.29, 1.82) is 0 Å². The number of hydrogen-bond donors (Lipinski definition) is 2. The van der Waals surface area contributed by atoms with Crippen molar-refractivity contribution in [1.82, 2.24) is 14.9 Å². The van der Waals surface area contributed by atoms with E-state index in [9.17, 15) is 4.79 Å². The van der Waals surface area contributed by atoms with E-state index in [4.69, 9.17) is 0 Å². The van der Waals surface area contributed by atoms with Crippen LogP contribution in [0.4, 0.5) is 11.4 Å². The molecule has 0 atom stereocenters. The maximum absolute atomic E-state index is 13.1. The molecule has 2 aromatic carbocycles. The Balaban J connectivity index is 1.20. The highest BCUT2D eigenvalue weighted by Gasteiger charge is 2.11. The highest BCUT2D eigenvalue weighted by atomic mass is 32.1. The summed E-state index contributed by atoms with van der Waals surface area (Å²) in [6.45, 7) is 5.41. The van der Waals surface area contributed by atoms with Crippen molar-refractivity contribution in [2.24, 2.45) is 0 Å². The van der Waals surface area contributed by atoms with E-state index in [1.165, 1.54) is 5.56 Å². The number of aromatic nitrogens is 2. The first-order valence-corrected chi connectivity index (χ1v) is 12.2. The van der Waals surface area contributed by atoms with Crippen LogP contribution in [-0.2, 0) is 0 Å². The van der Waals surface area contributed by atoms with E-state index < -0.39 is 0 Å². The molecule has 5 rings (SSSR count). The summed E-state index contributed by atoms with van der Waals surface area (Å²) >= 11 is 1.56. The third-order valence-corrected chi connectivity index (χ3v) is 7.08. The van der Waals surface area contributed by atoms with Crippen molar-refractivity contribution in [3.8, 4) is 0 Å². The Bertz CT molecular complexity index is 1530. The van der Waals surface area contributed by atoms with Gasteiger partial charge in [-0.2, -0.15) is 0 Å². The van der Waals surface area contributed by atoms with Crippen LogP contribution in [0.25, 0.3) is 31.2 Å². The van der Waals surface area contributed by atoms with E-state index in [2.05, 4.69) is 57.7 Å². The molecule has 7 heteroatoms. The molecule has 3 aromatic heterocycles. The Kier molecular flexibility index (Phi) is 6.38. The largest absolute Gasteiger partial charge is 0.383 e. The van der Waals surface area contributed by atoms with Gasteiger partial charge in [0, 0.05) is 65.4 Å². The van der Waals surface area contributed by atoms with Gasteiger partial charge in [0.15, 0.2) is 5.43 Å². The fraction of sp³-hybridized carbons (Fsp3) is 0.222. The second-order valence-corrected chi connectivity index (χ2v) is 9.53. The topological polar surface area (TPSA) is 70.2 Å². The minimum absolute atomic E-state index is 0.0391. The lowest BCUT2D eigenvalue weighted by Gasteiger charge is -2.19. The summed E-state index contributed by atoms with van der Waals surface area (Å²) < 4.78 is 0.967. The molecule has 5 aromatic rings. The molecule has 34 heavy (non-hydrogen) atoms. The van der Waals surface area contributed by atoms with Crippen LogP contribution in [0.1, 0.15) is 5.56 Å². The van der Waals surface area contributed by atoms with Crippen molar-refractivity contribution in [2.75, 3.05) is 43.9 Å². The van der Waals surface area contributed by atoms with E-state index in [1.54, 1.807) is 17.5 Å². The van der Waals surface area contributed by atoms with Crippen LogP contribution in [0.2, 0.25) is 0 Å². The molecule has 6 nitrogen and oxygen atoms in total. The van der Waals surface area contributed by atoms with E-state index >= 15 is 0 Å². The quantitative estimate of drug-likeness (QED) is 0.307. The second-order valence-electron chi connectivity index (χ2n) is 8.50. The lowest BCUT2D eigenvalue weighted by molar-refractivity contribution is 0.361. The maximum Gasteiger partial charge on any atom is 0.199 e. The summed E-state index contributed by atoms with van der Waals surface area (Å²) in [4.78, 5) is 25.1. The van der Waals surface area contributed by atoms with Crippen LogP contribution < -0.4 is 16.1 Å². The van der Waals surface area contributed by atoms with Crippen molar-refractivity contribution in [2.45, 2.75) is 6.92 Å². The van der Waals surface area contributed by atoms with E-state index in [0.717, 1.165) is 63.4 Å². The number of anilines is 2. The fourth-order valence-corrected chi connectivity index (χ4v) is 5.20. The molecule has 0 fully saturated rings. The van der Waals surface area contributed by atoms with E-state index in [-0.39, 0.29) is 5.43 Å². The van der Waals surface area contributed by atoms with Crippen LogP contribution in [0.3, 0.4) is 0 Å². The molecule has 0 aliphatic rings. The third-order valence-electron chi connectivity index (χ3n) is 6.00. The normalized spacial score (nSPS) is 11.5. The first-order chi connectivity index (χ1) is 16.6. The molecule has 172 valence electrons. The lowest BCUT2D eigenvalue weighted by Crippen LogP contribution is -2.30. The van der Waals surface area contributed by atoms with Gasteiger partial charge in [0.1, 0.15) is 4.83 Å². The zero-order valence-corrected chi connectivity index (χ0v) is 20.2. The Morgan fingerprint density at radius 2 is 1.62 bits per heavy atom. The SMILES string of the molecule is Cc1ccc2c(NCCN(C)CCNc3ccnc4sc5ccccc5c(=O)c34)ccnc2c1. The summed E-state index contributed by atoms with van der Waals surface area (Å²) in [6.07, 6.45) is 3.62. The summed E-state index contributed by atoms with van der Waals surface area (Å²) in [5.41, 5.74) is 4.22. The molecule has 0 aliphatic heterocycles. The second kappa shape index (κ2) is 9.75. The summed E-state index contributed by atoms with van der Waals surface area (Å²) in [7, 11) is 2.11. The molecule has 0 saturated heterocycles. The Labute approximate surface area is 202 Å². The van der Waals surface area contributed by atoms with Gasteiger partial charge in [-0.15, -0.1) is 11.3 Å². The van der Waals surface area contributed by atoms with Gasteiger partial charge in [-0.25, -0.2) is 4.98 Å². The summed E-state index contributed by atoms with van der Waals surface area (Å²) in [5, 5.41) is 9.57. The highest BCUT2D eigenvalue weighted by Crippen LogP contribution is 2.27. The molecule has 0 spiro atoms. The van der Waals surface area contributed by atoms with Gasteiger partial charge in [0.2, 0.25) is 0 Å². The standard InChI is InChI=1S/C27H27N5OS/c1-18-7-8-19-21(9-11-28-23(19)17-18)29-13-15-32(2)16-14-30-22-10-12-31-27-25(22)26(33)20-5-3-4-6-24(20)34-27/h3-12,17H,13-16H2,1-2H3,(H,28,29)(H,30,31). The number of aryl methyl sites for hydroxylation is 1. The monoisotopic (exact) mass is 469 g/mol. The van der Waals surface area contributed by atoms with Crippen LogP contribution in [0, 0.1) is 6.92 Å². The lowest BCUT2D eigenvalue weighted by atomic mass is 10.1. The summed E-state index contributed by atoms with van der Waals surface area (Å²) in [5.74, 6) is 0.